The standard InChI is InChI=1S/C16H23N5OS/c1-11-5-7-20(8-6-11)15-17-18-16(21(15)14-3-4-14)23-10-13-9-12(2)22-19-13/h9,11,14H,3-8,10H2,1-2H3. The van der Waals surface area contributed by atoms with Gasteiger partial charge < -0.3 is 9.42 Å². The van der Waals surface area contributed by atoms with Gasteiger partial charge in [0.25, 0.3) is 0 Å². The second-order valence-electron chi connectivity index (χ2n) is 6.77. The first-order chi connectivity index (χ1) is 11.2. The highest BCUT2D eigenvalue weighted by Gasteiger charge is 2.32. The third-order valence-corrected chi connectivity index (χ3v) is 5.63. The number of thioether (sulfide) groups is 1. The average molecular weight is 333 g/mol. The number of rotatable bonds is 5. The topological polar surface area (TPSA) is 60.0 Å². The Labute approximate surface area is 140 Å². The minimum absolute atomic E-state index is 0.584. The number of nitrogens with zero attached hydrogens (tertiary/aromatic N) is 5. The summed E-state index contributed by atoms with van der Waals surface area (Å²) in [6.45, 7) is 6.45. The summed E-state index contributed by atoms with van der Waals surface area (Å²) >= 11 is 1.71. The molecule has 0 unspecified atom stereocenters. The fourth-order valence-electron chi connectivity index (χ4n) is 3.07. The Morgan fingerprint density at radius 3 is 2.65 bits per heavy atom. The summed E-state index contributed by atoms with van der Waals surface area (Å²) in [4.78, 5) is 2.41. The zero-order valence-electron chi connectivity index (χ0n) is 13.7. The predicted molar refractivity (Wildman–Crippen MR) is 89.7 cm³/mol. The van der Waals surface area contributed by atoms with Crippen molar-refractivity contribution in [3.8, 4) is 0 Å². The molecule has 0 N–H and O–H groups in total. The van der Waals surface area contributed by atoms with Crippen molar-refractivity contribution in [1.82, 2.24) is 19.9 Å². The van der Waals surface area contributed by atoms with E-state index in [2.05, 4.69) is 31.7 Å². The van der Waals surface area contributed by atoms with Crippen LogP contribution in [0.25, 0.3) is 0 Å². The van der Waals surface area contributed by atoms with Crippen LogP contribution in [0.4, 0.5) is 5.95 Å². The molecule has 1 aliphatic heterocycles. The second-order valence-corrected chi connectivity index (χ2v) is 7.71. The molecule has 0 radical (unpaired) electrons. The number of aromatic nitrogens is 4. The molecule has 3 heterocycles. The van der Waals surface area contributed by atoms with E-state index in [1.807, 2.05) is 13.0 Å². The third kappa shape index (κ3) is 3.24. The van der Waals surface area contributed by atoms with Gasteiger partial charge in [0.2, 0.25) is 5.95 Å². The van der Waals surface area contributed by atoms with Crippen LogP contribution < -0.4 is 4.90 Å². The fraction of sp³-hybridized carbons (Fsp3) is 0.688. The summed E-state index contributed by atoms with van der Waals surface area (Å²) < 4.78 is 7.49. The minimum Gasteiger partial charge on any atom is -0.361 e. The van der Waals surface area contributed by atoms with Crippen LogP contribution in [0, 0.1) is 12.8 Å². The Hall–Kier alpha value is -1.50. The van der Waals surface area contributed by atoms with E-state index >= 15 is 0 Å². The van der Waals surface area contributed by atoms with Gasteiger partial charge >= 0.3 is 0 Å². The maximum Gasteiger partial charge on any atom is 0.228 e. The lowest BCUT2D eigenvalue weighted by Gasteiger charge is -2.31. The summed E-state index contributed by atoms with van der Waals surface area (Å²) in [7, 11) is 0. The third-order valence-electron chi connectivity index (χ3n) is 4.65. The highest BCUT2D eigenvalue weighted by atomic mass is 32.2. The zero-order valence-corrected chi connectivity index (χ0v) is 14.6. The minimum atomic E-state index is 0.584. The Bertz CT molecular complexity index is 670. The normalized spacial score (nSPS) is 19.5. The summed E-state index contributed by atoms with van der Waals surface area (Å²) in [5, 5.41) is 14.1. The van der Waals surface area contributed by atoms with Crippen LogP contribution >= 0.6 is 11.8 Å². The molecule has 1 aliphatic carbocycles. The van der Waals surface area contributed by atoms with Crippen molar-refractivity contribution in [2.75, 3.05) is 18.0 Å². The molecule has 0 aromatic carbocycles. The Balaban J connectivity index is 1.51. The number of anilines is 1. The van der Waals surface area contributed by atoms with E-state index in [1.54, 1.807) is 11.8 Å². The van der Waals surface area contributed by atoms with Gasteiger partial charge in [-0.2, -0.15) is 0 Å². The van der Waals surface area contributed by atoms with Crippen LogP contribution in [0.5, 0.6) is 0 Å². The van der Waals surface area contributed by atoms with Gasteiger partial charge in [0, 0.05) is 31.0 Å². The molecule has 2 aliphatic rings. The maximum absolute atomic E-state index is 5.14. The van der Waals surface area contributed by atoms with Gasteiger partial charge in [0.1, 0.15) is 5.76 Å². The smallest absolute Gasteiger partial charge is 0.228 e. The highest BCUT2D eigenvalue weighted by molar-refractivity contribution is 7.98. The summed E-state index contributed by atoms with van der Waals surface area (Å²) in [6.07, 6.45) is 4.98. The molecule has 7 heteroatoms. The van der Waals surface area contributed by atoms with Crippen molar-refractivity contribution in [3.05, 3.63) is 17.5 Å². The fourth-order valence-corrected chi connectivity index (χ4v) is 3.95. The molecule has 4 rings (SSSR count). The van der Waals surface area contributed by atoms with Gasteiger partial charge in [-0.3, -0.25) is 4.57 Å². The van der Waals surface area contributed by atoms with E-state index < -0.39 is 0 Å². The van der Waals surface area contributed by atoms with E-state index in [0.29, 0.717) is 6.04 Å². The van der Waals surface area contributed by atoms with Gasteiger partial charge in [0.05, 0.1) is 5.69 Å². The summed E-state index contributed by atoms with van der Waals surface area (Å²) in [5.41, 5.74) is 0.964. The molecule has 23 heavy (non-hydrogen) atoms. The SMILES string of the molecule is Cc1cc(CSc2nnc(N3CCC(C)CC3)n2C2CC2)no1. The molecule has 6 nitrogen and oxygen atoms in total. The Kier molecular flexibility index (Phi) is 4.05. The van der Waals surface area contributed by atoms with Gasteiger partial charge in [-0.25, -0.2) is 0 Å². The lowest BCUT2D eigenvalue weighted by atomic mass is 10.00. The van der Waals surface area contributed by atoms with Crippen LogP contribution in [-0.2, 0) is 5.75 Å². The van der Waals surface area contributed by atoms with E-state index in [4.69, 9.17) is 4.52 Å². The van der Waals surface area contributed by atoms with E-state index in [9.17, 15) is 0 Å². The van der Waals surface area contributed by atoms with Crippen molar-refractivity contribution < 1.29 is 4.52 Å². The molecule has 0 bridgehead atoms. The Morgan fingerprint density at radius 1 is 1.22 bits per heavy atom. The first-order valence-electron chi connectivity index (χ1n) is 8.45. The molecule has 1 saturated heterocycles. The van der Waals surface area contributed by atoms with Crippen LogP contribution in [0.15, 0.2) is 15.7 Å². The van der Waals surface area contributed by atoms with Crippen LogP contribution in [0.2, 0.25) is 0 Å². The molecule has 0 amide bonds. The summed E-state index contributed by atoms with van der Waals surface area (Å²) in [5.74, 6) is 3.53. The first kappa shape index (κ1) is 15.1. The molecular formula is C16H23N5OS. The van der Waals surface area contributed by atoms with Crippen molar-refractivity contribution in [1.29, 1.82) is 0 Å². The molecule has 1 saturated carbocycles. The molecule has 2 fully saturated rings. The van der Waals surface area contributed by atoms with Gasteiger partial charge in [-0.15, -0.1) is 10.2 Å². The molecule has 2 aromatic heterocycles. The van der Waals surface area contributed by atoms with Crippen molar-refractivity contribution >= 4 is 17.7 Å². The lowest BCUT2D eigenvalue weighted by molar-refractivity contribution is 0.393. The molecular weight excluding hydrogens is 310 g/mol. The number of hydrogen-bond acceptors (Lipinski definition) is 6. The van der Waals surface area contributed by atoms with Gasteiger partial charge in [0.15, 0.2) is 5.16 Å². The van der Waals surface area contributed by atoms with Crippen LogP contribution in [-0.4, -0.2) is 33.0 Å². The molecule has 0 atom stereocenters. The number of aryl methyl sites for hydroxylation is 1. The average Bonchev–Trinajstić information content (AvgIpc) is 3.16. The number of piperidine rings is 1. The van der Waals surface area contributed by atoms with E-state index in [-0.39, 0.29) is 0 Å². The molecule has 2 aromatic rings. The van der Waals surface area contributed by atoms with Crippen molar-refractivity contribution in [2.45, 2.75) is 56.5 Å². The largest absolute Gasteiger partial charge is 0.361 e. The quantitative estimate of drug-likeness (QED) is 0.781. The van der Waals surface area contributed by atoms with Crippen molar-refractivity contribution in [3.63, 3.8) is 0 Å². The maximum atomic E-state index is 5.14. The Morgan fingerprint density at radius 2 is 2.00 bits per heavy atom. The first-order valence-corrected chi connectivity index (χ1v) is 9.44. The zero-order chi connectivity index (χ0) is 15.8. The van der Waals surface area contributed by atoms with Crippen molar-refractivity contribution in [2.24, 2.45) is 5.92 Å². The van der Waals surface area contributed by atoms with E-state index in [1.165, 1.54) is 25.7 Å². The molecule has 124 valence electrons. The lowest BCUT2D eigenvalue weighted by Crippen LogP contribution is -2.34. The second kappa shape index (κ2) is 6.19. The van der Waals surface area contributed by atoms with Gasteiger partial charge in [-0.1, -0.05) is 23.8 Å². The highest BCUT2D eigenvalue weighted by Crippen LogP contribution is 2.41. The van der Waals surface area contributed by atoms with Crippen LogP contribution in [0.3, 0.4) is 0 Å². The predicted octanol–water partition coefficient (Wildman–Crippen LogP) is 3.44. The van der Waals surface area contributed by atoms with Crippen LogP contribution in [0.1, 0.15) is 50.1 Å². The monoisotopic (exact) mass is 333 g/mol. The van der Waals surface area contributed by atoms with Gasteiger partial charge in [-0.05, 0) is 38.5 Å². The number of hydrogen-bond donors (Lipinski definition) is 0. The summed E-state index contributed by atoms with van der Waals surface area (Å²) in [6, 6.07) is 2.57. The molecule has 0 spiro atoms. The van der Waals surface area contributed by atoms with E-state index in [0.717, 1.165) is 47.3 Å².